The molecule has 1 saturated heterocycles. The molecule has 0 aliphatic carbocycles. The van der Waals surface area contributed by atoms with Crippen LogP contribution in [0.4, 0.5) is 11.4 Å². The summed E-state index contributed by atoms with van der Waals surface area (Å²) in [6.07, 6.45) is 5.28. The molecule has 166 valence electrons. The highest BCUT2D eigenvalue weighted by atomic mass is 16.2. The van der Waals surface area contributed by atoms with Gasteiger partial charge in [-0.05, 0) is 62.6 Å². The summed E-state index contributed by atoms with van der Waals surface area (Å²) < 4.78 is 0. The van der Waals surface area contributed by atoms with E-state index in [1.54, 1.807) is 24.4 Å². The number of benzene rings is 1. The smallest absolute Gasteiger partial charge is 0.271 e. The van der Waals surface area contributed by atoms with Gasteiger partial charge in [0.2, 0.25) is 0 Å². The molecule has 0 unspecified atom stereocenters. The molecule has 1 aliphatic rings. The van der Waals surface area contributed by atoms with E-state index in [4.69, 9.17) is 0 Å². The van der Waals surface area contributed by atoms with E-state index in [2.05, 4.69) is 25.2 Å². The number of piperidine rings is 1. The lowest BCUT2D eigenvalue weighted by Gasteiger charge is -2.28. The number of aromatic amines is 1. The van der Waals surface area contributed by atoms with Crippen LogP contribution in [0.2, 0.25) is 0 Å². The zero-order valence-corrected chi connectivity index (χ0v) is 18.8. The van der Waals surface area contributed by atoms with E-state index in [9.17, 15) is 9.59 Å². The van der Waals surface area contributed by atoms with E-state index in [1.807, 2.05) is 39.0 Å². The van der Waals surface area contributed by atoms with Gasteiger partial charge in [0.1, 0.15) is 11.5 Å². The van der Waals surface area contributed by atoms with Crippen molar-refractivity contribution in [1.82, 2.24) is 15.0 Å². The maximum atomic E-state index is 12.8. The van der Waals surface area contributed by atoms with Gasteiger partial charge in [0.25, 0.3) is 11.5 Å². The van der Waals surface area contributed by atoms with Crippen molar-refractivity contribution in [3.05, 3.63) is 70.0 Å². The molecular formula is C25H29N5O2. The standard InChI is InChI=1S/C25H29N5O2/c1-16(2)23-27-17(3)13-21(28-23)19-14-22(25(32)26-15-19)29-24(31)18-7-9-20(10-8-18)30-11-5-4-6-12-30/h7-10,13-16H,4-6,11-12H2,1-3H3,(H,26,32)(H,29,31). The number of amides is 1. The SMILES string of the molecule is Cc1cc(-c2c[nH]c(=O)c(NC(=O)c3ccc(N4CCCCC4)cc3)c2)nc(C(C)C)n1. The van der Waals surface area contributed by atoms with Crippen LogP contribution in [0.25, 0.3) is 11.3 Å². The molecule has 1 aromatic carbocycles. The second kappa shape index (κ2) is 9.34. The number of hydrogen-bond acceptors (Lipinski definition) is 5. The molecule has 1 amide bonds. The van der Waals surface area contributed by atoms with Crippen LogP contribution >= 0.6 is 0 Å². The maximum Gasteiger partial charge on any atom is 0.271 e. The van der Waals surface area contributed by atoms with Crippen molar-refractivity contribution in [2.45, 2.75) is 46.0 Å². The Bertz CT molecular complexity index is 1160. The number of carbonyl (C=O) groups is 1. The number of pyridine rings is 1. The zero-order valence-electron chi connectivity index (χ0n) is 18.8. The molecule has 32 heavy (non-hydrogen) atoms. The highest BCUT2D eigenvalue weighted by Gasteiger charge is 2.14. The Balaban J connectivity index is 1.54. The molecule has 7 nitrogen and oxygen atoms in total. The van der Waals surface area contributed by atoms with E-state index < -0.39 is 0 Å². The van der Waals surface area contributed by atoms with Gasteiger partial charge in [0.05, 0.1) is 5.69 Å². The normalized spacial score (nSPS) is 13.9. The van der Waals surface area contributed by atoms with Gasteiger partial charge < -0.3 is 15.2 Å². The van der Waals surface area contributed by atoms with Gasteiger partial charge >= 0.3 is 0 Å². The molecule has 2 N–H and O–H groups in total. The molecule has 4 rings (SSSR count). The molecule has 3 heterocycles. The summed E-state index contributed by atoms with van der Waals surface area (Å²) in [5.74, 6) is 0.605. The van der Waals surface area contributed by atoms with Crippen molar-refractivity contribution in [2.24, 2.45) is 0 Å². The molecule has 1 fully saturated rings. The fourth-order valence-electron chi connectivity index (χ4n) is 3.89. The lowest BCUT2D eigenvalue weighted by molar-refractivity contribution is 0.102. The second-order valence-corrected chi connectivity index (χ2v) is 8.59. The van der Waals surface area contributed by atoms with Gasteiger partial charge in [-0.3, -0.25) is 9.59 Å². The summed E-state index contributed by atoms with van der Waals surface area (Å²) in [6.45, 7) is 8.09. The monoisotopic (exact) mass is 431 g/mol. The summed E-state index contributed by atoms with van der Waals surface area (Å²) >= 11 is 0. The zero-order chi connectivity index (χ0) is 22.7. The number of nitrogens with zero attached hydrogens (tertiary/aromatic N) is 3. The van der Waals surface area contributed by atoms with Crippen LogP contribution in [0.15, 0.2) is 47.4 Å². The highest BCUT2D eigenvalue weighted by molar-refractivity contribution is 6.04. The topological polar surface area (TPSA) is 91.0 Å². The lowest BCUT2D eigenvalue weighted by Crippen LogP contribution is -2.29. The van der Waals surface area contributed by atoms with Gasteiger partial charge in [-0.15, -0.1) is 0 Å². The van der Waals surface area contributed by atoms with E-state index in [-0.39, 0.29) is 23.1 Å². The molecule has 7 heteroatoms. The highest BCUT2D eigenvalue weighted by Crippen LogP contribution is 2.23. The Morgan fingerprint density at radius 2 is 1.78 bits per heavy atom. The largest absolute Gasteiger partial charge is 0.372 e. The molecule has 0 atom stereocenters. The molecule has 1 aliphatic heterocycles. The third kappa shape index (κ3) is 4.88. The average Bonchev–Trinajstić information content (AvgIpc) is 2.80. The van der Waals surface area contributed by atoms with Crippen molar-refractivity contribution in [1.29, 1.82) is 0 Å². The molecule has 0 bridgehead atoms. The lowest BCUT2D eigenvalue weighted by atomic mass is 10.1. The first-order chi connectivity index (χ1) is 15.4. The summed E-state index contributed by atoms with van der Waals surface area (Å²) in [5, 5.41) is 2.75. The minimum absolute atomic E-state index is 0.184. The van der Waals surface area contributed by atoms with Gasteiger partial charge in [-0.25, -0.2) is 9.97 Å². The predicted molar refractivity (Wildman–Crippen MR) is 127 cm³/mol. The van der Waals surface area contributed by atoms with Crippen LogP contribution in [0.5, 0.6) is 0 Å². The molecule has 2 aromatic heterocycles. The Labute approximate surface area is 187 Å². The molecule has 0 spiro atoms. The van der Waals surface area contributed by atoms with Crippen molar-refractivity contribution >= 4 is 17.3 Å². The number of carbonyl (C=O) groups excluding carboxylic acids is 1. The predicted octanol–water partition coefficient (Wildman–Crippen LogP) is 4.51. The van der Waals surface area contributed by atoms with E-state index in [0.29, 0.717) is 16.8 Å². The Kier molecular flexibility index (Phi) is 6.35. The van der Waals surface area contributed by atoms with Gasteiger partial charge in [-0.2, -0.15) is 0 Å². The van der Waals surface area contributed by atoms with Crippen LogP contribution in [0, 0.1) is 6.92 Å². The maximum absolute atomic E-state index is 12.8. The third-order valence-electron chi connectivity index (χ3n) is 5.69. The number of hydrogen-bond donors (Lipinski definition) is 2. The second-order valence-electron chi connectivity index (χ2n) is 8.59. The summed E-state index contributed by atoms with van der Waals surface area (Å²) in [7, 11) is 0. The Hall–Kier alpha value is -3.48. The van der Waals surface area contributed by atoms with Crippen LogP contribution in [0.1, 0.15) is 60.9 Å². The van der Waals surface area contributed by atoms with Crippen LogP contribution in [-0.4, -0.2) is 33.9 Å². The van der Waals surface area contributed by atoms with E-state index >= 15 is 0 Å². The Morgan fingerprint density at radius 1 is 1.06 bits per heavy atom. The third-order valence-corrected chi connectivity index (χ3v) is 5.69. The number of H-pyrrole nitrogens is 1. The number of aromatic nitrogens is 3. The first kappa shape index (κ1) is 21.7. The van der Waals surface area contributed by atoms with Crippen molar-refractivity contribution in [2.75, 3.05) is 23.3 Å². The molecular weight excluding hydrogens is 402 g/mol. The quantitative estimate of drug-likeness (QED) is 0.620. The molecule has 0 radical (unpaired) electrons. The van der Waals surface area contributed by atoms with Crippen LogP contribution in [0.3, 0.4) is 0 Å². The number of anilines is 2. The van der Waals surface area contributed by atoms with Crippen molar-refractivity contribution in [3.8, 4) is 11.3 Å². The van der Waals surface area contributed by atoms with E-state index in [0.717, 1.165) is 30.3 Å². The number of nitrogens with one attached hydrogen (secondary N) is 2. The van der Waals surface area contributed by atoms with Crippen LogP contribution < -0.4 is 15.8 Å². The minimum Gasteiger partial charge on any atom is -0.372 e. The minimum atomic E-state index is -0.359. The summed E-state index contributed by atoms with van der Waals surface area (Å²) in [5.41, 5.74) is 3.74. The summed E-state index contributed by atoms with van der Waals surface area (Å²) in [4.78, 5) is 39.3. The Morgan fingerprint density at radius 3 is 2.47 bits per heavy atom. The van der Waals surface area contributed by atoms with Crippen molar-refractivity contribution < 1.29 is 4.79 Å². The van der Waals surface area contributed by atoms with Gasteiger partial charge in [0.15, 0.2) is 0 Å². The van der Waals surface area contributed by atoms with Crippen molar-refractivity contribution in [3.63, 3.8) is 0 Å². The van der Waals surface area contributed by atoms with E-state index in [1.165, 1.54) is 19.3 Å². The summed E-state index contributed by atoms with van der Waals surface area (Å²) in [6, 6.07) is 11.1. The first-order valence-electron chi connectivity index (χ1n) is 11.2. The van der Waals surface area contributed by atoms with Crippen LogP contribution in [-0.2, 0) is 0 Å². The molecule has 3 aromatic rings. The molecule has 0 saturated carbocycles. The fraction of sp³-hybridized carbons (Fsp3) is 0.360. The first-order valence-corrected chi connectivity index (χ1v) is 11.2. The van der Waals surface area contributed by atoms with Gasteiger partial charge in [-0.1, -0.05) is 13.8 Å². The number of aryl methyl sites for hydroxylation is 1. The fourth-order valence-corrected chi connectivity index (χ4v) is 3.89. The number of rotatable bonds is 5. The average molecular weight is 432 g/mol. The van der Waals surface area contributed by atoms with Gasteiger partial charge in [0, 0.05) is 47.7 Å².